The van der Waals surface area contributed by atoms with Crippen molar-refractivity contribution in [2.24, 2.45) is 5.92 Å². The van der Waals surface area contributed by atoms with E-state index in [1.54, 1.807) is 24.0 Å². The number of carbonyl (C=O) groups excluding carboxylic acids is 2. The van der Waals surface area contributed by atoms with E-state index in [2.05, 4.69) is 6.92 Å². The lowest BCUT2D eigenvalue weighted by molar-refractivity contribution is -0.153. The molecule has 192 valence electrons. The number of nitrogens with zero attached hydrogens (tertiary/aromatic N) is 3. The summed E-state index contributed by atoms with van der Waals surface area (Å²) in [7, 11) is 4.58. The van der Waals surface area contributed by atoms with Gasteiger partial charge in [0.25, 0.3) is 0 Å². The molecule has 0 saturated heterocycles. The summed E-state index contributed by atoms with van der Waals surface area (Å²) in [5.74, 6) is -0.327. The minimum atomic E-state index is -1.14. The first-order chi connectivity index (χ1) is 17.5. The molecule has 1 aliphatic heterocycles. The van der Waals surface area contributed by atoms with Crippen LogP contribution >= 0.6 is 0 Å². The Morgan fingerprint density at radius 2 is 1.72 bits per heavy atom. The molecule has 0 radical (unpaired) electrons. The highest BCUT2D eigenvalue weighted by Crippen LogP contribution is 2.48. The van der Waals surface area contributed by atoms with Gasteiger partial charge in [-0.05, 0) is 37.6 Å². The third kappa shape index (κ3) is 4.23. The molecule has 1 aliphatic rings. The van der Waals surface area contributed by atoms with Crippen LogP contribution in [0.1, 0.15) is 44.7 Å². The Bertz CT molecular complexity index is 1250. The van der Waals surface area contributed by atoms with Crippen molar-refractivity contribution in [1.82, 2.24) is 9.55 Å². The minimum absolute atomic E-state index is 0.159. The molecule has 0 saturated carbocycles. The van der Waals surface area contributed by atoms with Crippen LogP contribution in [0, 0.1) is 5.92 Å². The maximum atomic E-state index is 14.0. The number of ether oxygens (including phenoxy) is 4. The third-order valence-electron chi connectivity index (χ3n) is 6.52. The first-order valence-corrected chi connectivity index (χ1v) is 12.3. The molecule has 2 aromatic carbocycles. The Morgan fingerprint density at radius 1 is 0.972 bits per heavy atom. The van der Waals surface area contributed by atoms with Gasteiger partial charge >= 0.3 is 5.97 Å². The molecule has 0 N–H and O–H groups in total. The monoisotopic (exact) mass is 495 g/mol. The molecular weight excluding hydrogens is 462 g/mol. The molecule has 2 atom stereocenters. The number of fused-ring (bicyclic) bond motifs is 3. The smallest absolute Gasteiger partial charge is 0.321 e. The number of rotatable bonds is 10. The number of hydrogen-bond donors (Lipinski definition) is 0. The maximum Gasteiger partial charge on any atom is 0.321 e. The topological polar surface area (TPSA) is 92.1 Å². The summed E-state index contributed by atoms with van der Waals surface area (Å²) in [5.41, 5.74) is 2.13. The summed E-state index contributed by atoms with van der Waals surface area (Å²) >= 11 is 0. The van der Waals surface area contributed by atoms with Crippen LogP contribution in [0.4, 0.5) is 5.95 Å². The van der Waals surface area contributed by atoms with Crippen LogP contribution in [0.2, 0.25) is 0 Å². The average molecular weight is 496 g/mol. The molecule has 0 fully saturated rings. The number of para-hydroxylation sites is 2. The van der Waals surface area contributed by atoms with Crippen molar-refractivity contribution in [2.75, 3.05) is 39.4 Å². The number of aromatic nitrogens is 2. The number of imidazole rings is 1. The number of esters is 1. The van der Waals surface area contributed by atoms with E-state index in [0.29, 0.717) is 35.3 Å². The van der Waals surface area contributed by atoms with E-state index in [1.165, 1.54) is 21.3 Å². The molecule has 0 aliphatic carbocycles. The fourth-order valence-electron chi connectivity index (χ4n) is 4.91. The quantitative estimate of drug-likeness (QED) is 0.234. The zero-order valence-electron chi connectivity index (χ0n) is 21.4. The Morgan fingerprint density at radius 3 is 2.39 bits per heavy atom. The minimum Gasteiger partial charge on any atom is -0.493 e. The van der Waals surface area contributed by atoms with Gasteiger partial charge in [0.2, 0.25) is 17.6 Å². The van der Waals surface area contributed by atoms with E-state index in [1.807, 2.05) is 28.8 Å². The number of anilines is 1. The van der Waals surface area contributed by atoms with Crippen LogP contribution in [-0.4, -0.2) is 55.9 Å². The number of carbonyl (C=O) groups is 2. The summed E-state index contributed by atoms with van der Waals surface area (Å²) in [6.07, 6.45) is 2.76. The molecular formula is C27H33N3O6. The molecule has 1 aromatic heterocycles. The van der Waals surface area contributed by atoms with Crippen molar-refractivity contribution >= 4 is 28.9 Å². The average Bonchev–Trinajstić information content (AvgIpc) is 3.27. The molecule has 9 heteroatoms. The van der Waals surface area contributed by atoms with Crippen LogP contribution in [0.25, 0.3) is 11.0 Å². The predicted molar refractivity (Wildman–Crippen MR) is 136 cm³/mol. The molecule has 0 bridgehead atoms. The van der Waals surface area contributed by atoms with E-state index in [9.17, 15) is 9.59 Å². The van der Waals surface area contributed by atoms with Gasteiger partial charge < -0.3 is 23.5 Å². The Hall–Kier alpha value is -3.75. The van der Waals surface area contributed by atoms with Crippen molar-refractivity contribution in [3.8, 4) is 17.2 Å². The fraction of sp³-hybridized carbons (Fsp3) is 0.444. The van der Waals surface area contributed by atoms with Crippen molar-refractivity contribution in [2.45, 2.75) is 39.2 Å². The van der Waals surface area contributed by atoms with Crippen molar-refractivity contribution in [3.63, 3.8) is 0 Å². The van der Waals surface area contributed by atoms with Crippen molar-refractivity contribution in [3.05, 3.63) is 42.0 Å². The second-order valence-corrected chi connectivity index (χ2v) is 8.57. The van der Waals surface area contributed by atoms with Gasteiger partial charge in [0.15, 0.2) is 17.4 Å². The number of methoxy groups -OCH3 is 3. The van der Waals surface area contributed by atoms with E-state index in [4.69, 9.17) is 23.9 Å². The van der Waals surface area contributed by atoms with Crippen LogP contribution in [0.15, 0.2) is 36.4 Å². The maximum absolute atomic E-state index is 14.0. The van der Waals surface area contributed by atoms with E-state index >= 15 is 0 Å². The summed E-state index contributed by atoms with van der Waals surface area (Å²) in [4.78, 5) is 33.9. The largest absolute Gasteiger partial charge is 0.493 e. The Kier molecular flexibility index (Phi) is 7.67. The van der Waals surface area contributed by atoms with Gasteiger partial charge in [-0.1, -0.05) is 31.9 Å². The lowest BCUT2D eigenvalue weighted by atomic mass is 9.88. The lowest BCUT2D eigenvalue weighted by Crippen LogP contribution is -2.50. The number of hydrogen-bond acceptors (Lipinski definition) is 7. The van der Waals surface area contributed by atoms with Gasteiger partial charge in [-0.25, -0.2) is 4.98 Å². The van der Waals surface area contributed by atoms with E-state index in [-0.39, 0.29) is 12.5 Å². The van der Waals surface area contributed by atoms with Gasteiger partial charge in [-0.15, -0.1) is 0 Å². The van der Waals surface area contributed by atoms with Crippen LogP contribution < -0.4 is 19.1 Å². The van der Waals surface area contributed by atoms with E-state index in [0.717, 1.165) is 30.3 Å². The van der Waals surface area contributed by atoms with Crippen LogP contribution in [0.5, 0.6) is 17.2 Å². The highest BCUT2D eigenvalue weighted by atomic mass is 16.5. The van der Waals surface area contributed by atoms with Gasteiger partial charge in [0.1, 0.15) is 0 Å². The molecule has 0 unspecified atom stereocenters. The highest BCUT2D eigenvalue weighted by molar-refractivity contribution is 6.08. The van der Waals surface area contributed by atoms with Crippen LogP contribution in [-0.2, 0) is 14.3 Å². The normalized spacial score (nSPS) is 17.1. The highest BCUT2D eigenvalue weighted by Gasteiger charge is 2.49. The number of amides is 1. The first kappa shape index (κ1) is 25.3. The summed E-state index contributed by atoms with van der Waals surface area (Å²) in [6.45, 7) is 4.45. The van der Waals surface area contributed by atoms with E-state index < -0.39 is 17.9 Å². The first-order valence-electron chi connectivity index (χ1n) is 12.3. The SMILES string of the molecule is CCCCCN1C(=O)[C@H](C(=O)OCC)[C@H](c2ccc(OC)c(OC)c2OC)n2c1nc1ccccc12. The third-order valence-corrected chi connectivity index (χ3v) is 6.52. The van der Waals surface area contributed by atoms with Gasteiger partial charge in [-0.2, -0.15) is 0 Å². The van der Waals surface area contributed by atoms with Crippen molar-refractivity contribution < 1.29 is 28.5 Å². The summed E-state index contributed by atoms with van der Waals surface area (Å²) in [6, 6.07) is 10.4. The molecule has 4 rings (SSSR count). The van der Waals surface area contributed by atoms with Gasteiger partial charge in [-0.3, -0.25) is 14.5 Å². The van der Waals surface area contributed by atoms with Crippen LogP contribution in [0.3, 0.4) is 0 Å². The Labute approximate surface area is 210 Å². The zero-order valence-corrected chi connectivity index (χ0v) is 21.4. The number of benzene rings is 2. The second kappa shape index (κ2) is 10.9. The fourth-order valence-corrected chi connectivity index (χ4v) is 4.91. The summed E-state index contributed by atoms with van der Waals surface area (Å²) < 4.78 is 24.2. The standard InChI is InChI=1S/C27H33N3O6/c1-6-8-11-16-29-25(31)21(26(32)36-7-2)22(30-19-13-10-9-12-18(19)28-27(29)30)17-14-15-20(33-3)24(35-5)23(17)34-4/h9-10,12-15,21-22H,6-8,11,16H2,1-5H3/t21-,22+/m1/s1. The molecule has 9 nitrogen and oxygen atoms in total. The molecule has 3 aromatic rings. The second-order valence-electron chi connectivity index (χ2n) is 8.57. The molecule has 2 heterocycles. The predicted octanol–water partition coefficient (Wildman–Crippen LogP) is 4.37. The van der Waals surface area contributed by atoms with Crippen molar-refractivity contribution in [1.29, 1.82) is 0 Å². The zero-order chi connectivity index (χ0) is 25.8. The number of unbranched alkanes of at least 4 members (excludes halogenated alkanes) is 2. The lowest BCUT2D eigenvalue weighted by Gasteiger charge is -2.38. The molecule has 1 amide bonds. The molecule has 0 spiro atoms. The Balaban J connectivity index is 2.02. The summed E-state index contributed by atoms with van der Waals surface area (Å²) in [5, 5.41) is 0. The molecule has 36 heavy (non-hydrogen) atoms. The van der Waals surface area contributed by atoms with Gasteiger partial charge in [0, 0.05) is 12.1 Å². The van der Waals surface area contributed by atoms with Gasteiger partial charge in [0.05, 0.1) is 45.0 Å².